The van der Waals surface area contributed by atoms with Crippen LogP contribution in [0.15, 0.2) is 78.9 Å². The molecular formula is C39H46N2O9S. The number of rotatable bonds is 15. The van der Waals surface area contributed by atoms with Gasteiger partial charge in [0, 0.05) is 5.92 Å². The van der Waals surface area contributed by atoms with Crippen molar-refractivity contribution >= 4 is 29.7 Å². The number of nitrogens with one attached hydrogen (secondary N) is 2. The fourth-order valence-electron chi connectivity index (χ4n) is 7.00. The third kappa shape index (κ3) is 8.75. The second kappa shape index (κ2) is 16.6. The molecule has 11 nitrogen and oxygen atoms in total. The fraction of sp³-hybridized carbons (Fsp3) is 0.462. The average Bonchev–Trinajstić information content (AvgIpc) is 3.73. The normalized spacial score (nSPS) is 22.7. The molecule has 0 spiro atoms. The van der Waals surface area contributed by atoms with E-state index in [0.717, 1.165) is 27.8 Å². The molecule has 0 bridgehead atoms. The van der Waals surface area contributed by atoms with Crippen LogP contribution in [0.1, 0.15) is 56.2 Å². The first kappa shape index (κ1) is 36.8. The third-order valence-corrected chi connectivity index (χ3v) is 9.94. The molecule has 3 aromatic carbocycles. The van der Waals surface area contributed by atoms with Gasteiger partial charge in [-0.1, -0.05) is 78.9 Å². The van der Waals surface area contributed by atoms with Crippen LogP contribution >= 0.6 is 11.8 Å². The molecule has 2 N–H and O–H groups in total. The minimum absolute atomic E-state index is 0.109. The summed E-state index contributed by atoms with van der Waals surface area (Å²) in [5.41, 5.74) is 5.36. The second-order valence-corrected chi connectivity index (χ2v) is 14.2. The molecular weight excluding hydrogens is 673 g/mol. The Balaban J connectivity index is 1.16. The fourth-order valence-corrected chi connectivity index (χ4v) is 7.47. The molecule has 272 valence electrons. The van der Waals surface area contributed by atoms with Crippen molar-refractivity contribution in [1.29, 1.82) is 0 Å². The summed E-state index contributed by atoms with van der Waals surface area (Å²) in [6, 6.07) is 24.0. The van der Waals surface area contributed by atoms with Crippen molar-refractivity contribution < 1.29 is 42.8 Å². The lowest BCUT2D eigenvalue weighted by Crippen LogP contribution is -2.56. The highest BCUT2D eigenvalue weighted by atomic mass is 32.2. The molecule has 3 aromatic rings. The molecule has 6 atom stereocenters. The molecule has 1 aliphatic carbocycles. The number of hydrogen-bond acceptors (Lipinski definition) is 10. The van der Waals surface area contributed by atoms with Gasteiger partial charge in [-0.2, -0.15) is 11.8 Å². The zero-order valence-electron chi connectivity index (χ0n) is 29.4. The molecule has 2 saturated heterocycles. The van der Waals surface area contributed by atoms with E-state index in [2.05, 4.69) is 22.8 Å². The Morgan fingerprint density at radius 2 is 1.55 bits per heavy atom. The van der Waals surface area contributed by atoms with Gasteiger partial charge in [-0.15, -0.1) is 0 Å². The van der Waals surface area contributed by atoms with Crippen molar-refractivity contribution in [2.24, 2.45) is 0 Å². The van der Waals surface area contributed by atoms with Gasteiger partial charge in [-0.25, -0.2) is 4.79 Å². The maximum absolute atomic E-state index is 14.0. The molecule has 3 aliphatic rings. The summed E-state index contributed by atoms with van der Waals surface area (Å²) in [7, 11) is 0. The highest BCUT2D eigenvalue weighted by Gasteiger charge is 2.57. The SMILES string of the molecule is CCOC(=O)C[C@@H](NC(=O)[C@@H](CCSC)NC(=O)OCC1c2ccccc2-c2ccccc21)[C@H]1O[C@@H]2OC(C)(C)O[C@@H]2[C@H]1OCc1ccccc1. The Morgan fingerprint density at radius 1 is 0.882 bits per heavy atom. The van der Waals surface area contributed by atoms with Crippen LogP contribution in [0.2, 0.25) is 0 Å². The molecule has 0 radical (unpaired) electrons. The predicted octanol–water partition coefficient (Wildman–Crippen LogP) is 5.55. The lowest BCUT2D eigenvalue weighted by molar-refractivity contribution is -0.223. The molecule has 6 rings (SSSR count). The minimum atomic E-state index is -0.950. The van der Waals surface area contributed by atoms with Crippen LogP contribution in [0.25, 0.3) is 11.1 Å². The molecule has 0 saturated carbocycles. The molecule has 0 unspecified atom stereocenters. The number of hydrogen-bond donors (Lipinski definition) is 2. The van der Waals surface area contributed by atoms with Crippen molar-refractivity contribution in [3.8, 4) is 11.1 Å². The number of esters is 1. The van der Waals surface area contributed by atoms with E-state index in [1.165, 1.54) is 0 Å². The summed E-state index contributed by atoms with van der Waals surface area (Å²) in [5, 5.41) is 5.77. The Bertz CT molecular complexity index is 1630. The highest BCUT2D eigenvalue weighted by molar-refractivity contribution is 7.98. The molecule has 2 heterocycles. The smallest absolute Gasteiger partial charge is 0.407 e. The molecule has 51 heavy (non-hydrogen) atoms. The zero-order valence-corrected chi connectivity index (χ0v) is 30.2. The standard InChI is InChI=1S/C39H46N2O9S/c1-5-45-32(42)21-31(33-34(46-22-24-13-7-6-8-14-24)35-37(48-33)50-39(2,3)49-35)40-36(43)30(19-20-51-4)41-38(44)47-23-29-27-17-11-9-15-25(27)26-16-10-12-18-28(26)29/h6-18,29-31,33-35,37H,5,19-23H2,1-4H3,(H,40,43)(H,41,44)/t30-,31-,33-,34+,35-,37-/m1/s1. The summed E-state index contributed by atoms with van der Waals surface area (Å²) in [6.45, 7) is 5.83. The number of carbonyl (C=O) groups excluding carboxylic acids is 3. The summed E-state index contributed by atoms with van der Waals surface area (Å²) in [4.78, 5) is 40.2. The number of thioether (sulfide) groups is 1. The molecule has 2 amide bonds. The number of amides is 2. The first-order chi connectivity index (χ1) is 24.7. The summed E-state index contributed by atoms with van der Waals surface area (Å²) < 4.78 is 36.0. The van der Waals surface area contributed by atoms with Crippen LogP contribution in [0.4, 0.5) is 4.79 Å². The van der Waals surface area contributed by atoms with Crippen molar-refractivity contribution in [2.75, 3.05) is 25.2 Å². The largest absolute Gasteiger partial charge is 0.466 e. The average molecular weight is 719 g/mol. The van der Waals surface area contributed by atoms with Crippen molar-refractivity contribution in [3.05, 3.63) is 95.6 Å². The van der Waals surface area contributed by atoms with Gasteiger partial charge >= 0.3 is 12.1 Å². The Morgan fingerprint density at radius 3 is 2.22 bits per heavy atom. The van der Waals surface area contributed by atoms with Crippen LogP contribution in [0, 0.1) is 0 Å². The summed E-state index contributed by atoms with van der Waals surface area (Å²) in [5.74, 6) is -1.45. The number of ether oxygens (including phenoxy) is 6. The first-order valence-corrected chi connectivity index (χ1v) is 18.8. The van der Waals surface area contributed by atoms with Crippen LogP contribution in [-0.2, 0) is 44.6 Å². The maximum Gasteiger partial charge on any atom is 0.407 e. The number of alkyl carbamates (subject to hydrolysis) is 1. The lowest BCUT2D eigenvalue weighted by atomic mass is 9.98. The molecule has 2 aliphatic heterocycles. The van der Waals surface area contributed by atoms with Gasteiger partial charge in [0.2, 0.25) is 5.91 Å². The van der Waals surface area contributed by atoms with Crippen molar-refractivity contribution in [2.45, 2.75) is 88.6 Å². The van der Waals surface area contributed by atoms with Gasteiger partial charge in [0.15, 0.2) is 12.1 Å². The van der Waals surface area contributed by atoms with Gasteiger partial charge in [0.1, 0.15) is 31.0 Å². The summed E-state index contributed by atoms with van der Waals surface area (Å²) >= 11 is 1.55. The van der Waals surface area contributed by atoms with E-state index in [9.17, 15) is 14.4 Å². The van der Waals surface area contributed by atoms with E-state index >= 15 is 0 Å². The molecule has 12 heteroatoms. The van der Waals surface area contributed by atoms with Crippen LogP contribution < -0.4 is 10.6 Å². The van der Waals surface area contributed by atoms with E-state index < -0.39 is 60.4 Å². The Hall–Kier alpha value is -3.94. The van der Waals surface area contributed by atoms with Gasteiger partial charge in [-0.3, -0.25) is 9.59 Å². The van der Waals surface area contributed by atoms with E-state index in [4.69, 9.17) is 28.4 Å². The molecule has 0 aromatic heterocycles. The van der Waals surface area contributed by atoms with Gasteiger partial charge in [0.25, 0.3) is 0 Å². The highest BCUT2D eigenvalue weighted by Crippen LogP contribution is 2.44. The Labute approximate surface area is 303 Å². The van der Waals surface area contributed by atoms with E-state index in [-0.39, 0.29) is 32.2 Å². The zero-order chi connectivity index (χ0) is 36.0. The number of benzene rings is 3. The van der Waals surface area contributed by atoms with E-state index in [1.807, 2.05) is 73.0 Å². The van der Waals surface area contributed by atoms with Crippen LogP contribution in [0.5, 0.6) is 0 Å². The predicted molar refractivity (Wildman–Crippen MR) is 192 cm³/mol. The van der Waals surface area contributed by atoms with Gasteiger partial charge < -0.3 is 39.1 Å². The van der Waals surface area contributed by atoms with E-state index in [1.54, 1.807) is 32.5 Å². The van der Waals surface area contributed by atoms with Crippen LogP contribution in [-0.4, -0.2) is 85.7 Å². The maximum atomic E-state index is 14.0. The number of fused-ring (bicyclic) bond motifs is 4. The quantitative estimate of drug-likeness (QED) is 0.193. The molecule has 2 fully saturated rings. The lowest BCUT2D eigenvalue weighted by Gasteiger charge is -2.32. The Kier molecular flexibility index (Phi) is 12.0. The van der Waals surface area contributed by atoms with E-state index in [0.29, 0.717) is 12.2 Å². The minimum Gasteiger partial charge on any atom is -0.466 e. The number of carbonyl (C=O) groups is 3. The summed E-state index contributed by atoms with van der Waals surface area (Å²) in [6.07, 6.45) is -1.57. The van der Waals surface area contributed by atoms with Crippen molar-refractivity contribution in [3.63, 3.8) is 0 Å². The second-order valence-electron chi connectivity index (χ2n) is 13.3. The van der Waals surface area contributed by atoms with Crippen LogP contribution in [0.3, 0.4) is 0 Å². The monoisotopic (exact) mass is 718 g/mol. The van der Waals surface area contributed by atoms with Gasteiger partial charge in [0.05, 0.1) is 25.7 Å². The topological polar surface area (TPSA) is 131 Å². The third-order valence-electron chi connectivity index (χ3n) is 9.29. The van der Waals surface area contributed by atoms with Gasteiger partial charge in [-0.05, 0) is 67.0 Å². The van der Waals surface area contributed by atoms with Crippen molar-refractivity contribution in [1.82, 2.24) is 10.6 Å². The first-order valence-electron chi connectivity index (χ1n) is 17.4.